The molecule has 0 atom stereocenters. The molecule has 5 nitrogen and oxygen atoms in total. The lowest BCUT2D eigenvalue weighted by Crippen LogP contribution is -2.46. The van der Waals surface area contributed by atoms with Crippen LogP contribution in [0.2, 0.25) is 10.0 Å². The van der Waals surface area contributed by atoms with Gasteiger partial charge in [0.1, 0.15) is 5.41 Å². The van der Waals surface area contributed by atoms with Crippen LogP contribution in [-0.4, -0.2) is 17.0 Å². The average molecular weight is 318 g/mol. The van der Waals surface area contributed by atoms with Gasteiger partial charge in [0.05, 0.1) is 15.7 Å². The van der Waals surface area contributed by atoms with Crippen molar-refractivity contribution in [2.45, 2.75) is 26.7 Å². The Balaban J connectivity index is 3.16. The van der Waals surface area contributed by atoms with E-state index in [0.717, 1.165) is 0 Å². The van der Waals surface area contributed by atoms with E-state index in [1.165, 1.54) is 0 Å². The van der Waals surface area contributed by atoms with E-state index in [2.05, 4.69) is 10.5 Å². The zero-order chi connectivity index (χ0) is 15.3. The van der Waals surface area contributed by atoms with E-state index in [9.17, 15) is 4.79 Å². The Kier molecular flexibility index (Phi) is 5.65. The number of hydrogen-bond donors (Lipinski definition) is 3. The van der Waals surface area contributed by atoms with Gasteiger partial charge >= 0.3 is 0 Å². The van der Waals surface area contributed by atoms with E-state index in [-0.39, 0.29) is 5.84 Å². The number of rotatable bonds is 5. The van der Waals surface area contributed by atoms with Crippen molar-refractivity contribution in [3.05, 3.63) is 28.2 Å². The molecule has 7 heteroatoms. The topological polar surface area (TPSA) is 87.7 Å². The third kappa shape index (κ3) is 2.99. The van der Waals surface area contributed by atoms with E-state index in [1.54, 1.807) is 32.0 Å². The SMILES string of the molecule is CCC(CC)(C(=O)Nc1c(Cl)cccc1Cl)C(N)=NO. The average Bonchev–Trinajstić information content (AvgIpc) is 2.44. The molecule has 0 unspecified atom stereocenters. The van der Waals surface area contributed by atoms with Crippen molar-refractivity contribution >= 4 is 40.6 Å². The van der Waals surface area contributed by atoms with E-state index < -0.39 is 11.3 Å². The minimum absolute atomic E-state index is 0.136. The number of hydrogen-bond acceptors (Lipinski definition) is 3. The van der Waals surface area contributed by atoms with Crippen molar-refractivity contribution in [2.75, 3.05) is 5.32 Å². The molecule has 0 bridgehead atoms. The number of amidine groups is 1. The molecular formula is C13H17Cl2N3O2. The van der Waals surface area contributed by atoms with E-state index in [0.29, 0.717) is 28.6 Å². The standard InChI is InChI=1S/C13H17Cl2N3O2/c1-3-13(4-2,11(16)18-20)12(19)17-10-8(14)6-5-7-9(10)15/h5-7,20H,3-4H2,1-2H3,(H2,16,18)(H,17,19). The fourth-order valence-electron chi connectivity index (χ4n) is 2.00. The normalized spacial score (nSPS) is 12.3. The predicted molar refractivity (Wildman–Crippen MR) is 81.5 cm³/mol. The Morgan fingerprint density at radius 3 is 2.25 bits per heavy atom. The van der Waals surface area contributed by atoms with Crippen LogP contribution in [0.25, 0.3) is 0 Å². The molecule has 0 saturated carbocycles. The van der Waals surface area contributed by atoms with Crippen LogP contribution in [-0.2, 0) is 4.79 Å². The second kappa shape index (κ2) is 6.81. The minimum atomic E-state index is -1.10. The first-order chi connectivity index (χ1) is 9.42. The van der Waals surface area contributed by atoms with Crippen molar-refractivity contribution in [1.29, 1.82) is 0 Å². The van der Waals surface area contributed by atoms with Gasteiger partial charge in [0.15, 0.2) is 5.84 Å². The smallest absolute Gasteiger partial charge is 0.238 e. The van der Waals surface area contributed by atoms with Crippen LogP contribution in [0, 0.1) is 5.41 Å². The molecular weight excluding hydrogens is 301 g/mol. The molecule has 0 heterocycles. The van der Waals surface area contributed by atoms with Crippen molar-refractivity contribution in [1.82, 2.24) is 0 Å². The molecule has 0 spiro atoms. The Morgan fingerprint density at radius 2 is 1.85 bits per heavy atom. The van der Waals surface area contributed by atoms with Crippen molar-refractivity contribution in [3.8, 4) is 0 Å². The summed E-state index contributed by atoms with van der Waals surface area (Å²) in [6.07, 6.45) is 0.764. The van der Waals surface area contributed by atoms with Crippen LogP contribution in [0.15, 0.2) is 23.4 Å². The molecule has 0 aromatic heterocycles. The highest BCUT2D eigenvalue weighted by atomic mass is 35.5. The van der Waals surface area contributed by atoms with Gasteiger partial charge in [-0.2, -0.15) is 0 Å². The first-order valence-corrected chi connectivity index (χ1v) is 6.92. The maximum atomic E-state index is 12.5. The maximum Gasteiger partial charge on any atom is 0.238 e. The van der Waals surface area contributed by atoms with Crippen molar-refractivity contribution in [3.63, 3.8) is 0 Å². The van der Waals surface area contributed by atoms with Crippen LogP contribution < -0.4 is 11.1 Å². The molecule has 20 heavy (non-hydrogen) atoms. The monoisotopic (exact) mass is 317 g/mol. The first kappa shape index (κ1) is 16.6. The number of para-hydroxylation sites is 1. The van der Waals surface area contributed by atoms with E-state index >= 15 is 0 Å². The number of nitrogens with zero attached hydrogens (tertiary/aromatic N) is 1. The first-order valence-electron chi connectivity index (χ1n) is 6.16. The number of nitrogens with one attached hydrogen (secondary N) is 1. The van der Waals surface area contributed by atoms with Gasteiger partial charge in [-0.05, 0) is 25.0 Å². The van der Waals surface area contributed by atoms with Gasteiger partial charge in [-0.15, -0.1) is 0 Å². The quantitative estimate of drug-likeness (QED) is 0.336. The molecule has 0 saturated heterocycles. The fourth-order valence-corrected chi connectivity index (χ4v) is 2.49. The van der Waals surface area contributed by atoms with Gasteiger partial charge < -0.3 is 16.3 Å². The maximum absolute atomic E-state index is 12.5. The van der Waals surface area contributed by atoms with Gasteiger partial charge in [-0.3, -0.25) is 4.79 Å². The fraction of sp³-hybridized carbons (Fsp3) is 0.385. The van der Waals surface area contributed by atoms with Crippen LogP contribution in [0.1, 0.15) is 26.7 Å². The number of amides is 1. The molecule has 1 rings (SSSR count). The highest BCUT2D eigenvalue weighted by Gasteiger charge is 2.40. The molecule has 1 aromatic carbocycles. The van der Waals surface area contributed by atoms with Crippen molar-refractivity contribution in [2.24, 2.45) is 16.3 Å². The second-order valence-electron chi connectivity index (χ2n) is 4.33. The van der Waals surface area contributed by atoms with Gasteiger partial charge in [0.25, 0.3) is 0 Å². The number of anilines is 1. The highest BCUT2D eigenvalue weighted by Crippen LogP contribution is 2.34. The largest absolute Gasteiger partial charge is 0.409 e. The van der Waals surface area contributed by atoms with Crippen LogP contribution in [0.3, 0.4) is 0 Å². The number of benzene rings is 1. The molecule has 0 aliphatic rings. The van der Waals surface area contributed by atoms with Crippen LogP contribution in [0.4, 0.5) is 5.69 Å². The summed E-state index contributed by atoms with van der Waals surface area (Å²) in [5.74, 6) is -0.545. The summed E-state index contributed by atoms with van der Waals surface area (Å²) in [5, 5.41) is 15.2. The van der Waals surface area contributed by atoms with Gasteiger partial charge in [0, 0.05) is 0 Å². The Hall–Kier alpha value is -1.46. The number of carbonyl (C=O) groups is 1. The summed E-state index contributed by atoms with van der Waals surface area (Å²) in [6, 6.07) is 4.91. The Morgan fingerprint density at radius 1 is 1.35 bits per heavy atom. The molecule has 0 aliphatic heterocycles. The zero-order valence-electron chi connectivity index (χ0n) is 11.3. The summed E-state index contributed by atoms with van der Waals surface area (Å²) >= 11 is 12.0. The predicted octanol–water partition coefficient (Wildman–Crippen LogP) is 3.48. The second-order valence-corrected chi connectivity index (χ2v) is 5.14. The molecule has 1 aromatic rings. The molecule has 0 radical (unpaired) electrons. The number of oxime groups is 1. The Labute approximate surface area is 127 Å². The minimum Gasteiger partial charge on any atom is -0.409 e. The van der Waals surface area contributed by atoms with E-state index in [1.807, 2.05) is 0 Å². The molecule has 0 fully saturated rings. The third-order valence-electron chi connectivity index (χ3n) is 3.44. The Bertz CT molecular complexity index is 508. The van der Waals surface area contributed by atoms with Gasteiger partial charge in [-0.1, -0.05) is 48.3 Å². The molecule has 0 aliphatic carbocycles. The number of halogens is 2. The highest BCUT2D eigenvalue weighted by molar-refractivity contribution is 6.40. The summed E-state index contributed by atoms with van der Waals surface area (Å²) in [4.78, 5) is 12.5. The summed E-state index contributed by atoms with van der Waals surface area (Å²) in [6.45, 7) is 3.57. The van der Waals surface area contributed by atoms with Crippen LogP contribution >= 0.6 is 23.2 Å². The lowest BCUT2D eigenvalue weighted by molar-refractivity contribution is -0.122. The lowest BCUT2D eigenvalue weighted by Gasteiger charge is -2.29. The van der Waals surface area contributed by atoms with Crippen LogP contribution in [0.5, 0.6) is 0 Å². The molecule has 4 N–H and O–H groups in total. The zero-order valence-corrected chi connectivity index (χ0v) is 12.8. The van der Waals surface area contributed by atoms with E-state index in [4.69, 9.17) is 34.1 Å². The molecule has 110 valence electrons. The van der Waals surface area contributed by atoms with Gasteiger partial charge in [0.2, 0.25) is 5.91 Å². The van der Waals surface area contributed by atoms with Gasteiger partial charge in [-0.25, -0.2) is 0 Å². The summed E-state index contributed by atoms with van der Waals surface area (Å²) in [5.41, 5.74) is 4.89. The van der Waals surface area contributed by atoms with Crippen molar-refractivity contribution < 1.29 is 10.0 Å². The summed E-state index contributed by atoms with van der Waals surface area (Å²) < 4.78 is 0. The summed E-state index contributed by atoms with van der Waals surface area (Å²) in [7, 11) is 0. The third-order valence-corrected chi connectivity index (χ3v) is 4.07. The number of carbonyl (C=O) groups excluding carboxylic acids is 1. The molecule has 1 amide bonds. The number of nitrogens with two attached hydrogens (primary N) is 1. The lowest BCUT2D eigenvalue weighted by atomic mass is 9.80.